The average molecular weight is 188 g/mol. The van der Waals surface area contributed by atoms with Gasteiger partial charge in [0.1, 0.15) is 0 Å². The smallest absolute Gasteiger partial charge is 0.0434 e. The Hall–Kier alpha value is -0.730. The van der Waals surface area contributed by atoms with E-state index in [1.165, 1.54) is 5.56 Å². The molecular weight excluding hydrogens is 174 g/mol. The van der Waals surface area contributed by atoms with Crippen molar-refractivity contribution in [3.8, 4) is 0 Å². The monoisotopic (exact) mass is 187 g/mol. The molecule has 0 saturated carbocycles. The molecule has 0 aliphatic heterocycles. The molecule has 0 radical (unpaired) electrons. The number of rotatable bonds is 3. The summed E-state index contributed by atoms with van der Waals surface area (Å²) >= 11 is 0. The SMILES string of the molecule is Cl.Nc1cccc(CCCO)c1. The lowest BCUT2D eigenvalue weighted by Crippen LogP contribution is -1.91. The van der Waals surface area contributed by atoms with Gasteiger partial charge in [0.15, 0.2) is 0 Å². The van der Waals surface area contributed by atoms with Crippen LogP contribution in [0.3, 0.4) is 0 Å². The van der Waals surface area contributed by atoms with E-state index < -0.39 is 0 Å². The normalized spacial score (nSPS) is 9.08. The lowest BCUT2D eigenvalue weighted by Gasteiger charge is -1.99. The summed E-state index contributed by atoms with van der Waals surface area (Å²) in [6, 6.07) is 7.76. The van der Waals surface area contributed by atoms with Gasteiger partial charge >= 0.3 is 0 Å². The molecule has 1 rings (SSSR count). The summed E-state index contributed by atoms with van der Waals surface area (Å²) in [7, 11) is 0. The lowest BCUT2D eigenvalue weighted by molar-refractivity contribution is 0.288. The Morgan fingerprint density at radius 1 is 1.33 bits per heavy atom. The molecule has 0 unspecified atom stereocenters. The summed E-state index contributed by atoms with van der Waals surface area (Å²) in [6.07, 6.45) is 1.71. The van der Waals surface area contributed by atoms with Crippen LogP contribution >= 0.6 is 12.4 Å². The topological polar surface area (TPSA) is 46.2 Å². The Bertz CT molecular complexity index is 228. The van der Waals surface area contributed by atoms with Crippen LogP contribution in [0.4, 0.5) is 5.69 Å². The van der Waals surface area contributed by atoms with Crippen LogP contribution in [0.1, 0.15) is 12.0 Å². The third kappa shape index (κ3) is 3.60. The highest BCUT2D eigenvalue weighted by Crippen LogP contribution is 2.07. The number of aliphatic hydroxyl groups is 1. The first-order chi connectivity index (χ1) is 5.33. The van der Waals surface area contributed by atoms with E-state index in [2.05, 4.69) is 0 Å². The molecule has 0 fully saturated rings. The minimum atomic E-state index is 0. The second-order valence-corrected chi connectivity index (χ2v) is 2.57. The highest BCUT2D eigenvalue weighted by atomic mass is 35.5. The average Bonchev–Trinajstić information content (AvgIpc) is 2.01. The van der Waals surface area contributed by atoms with E-state index in [1.807, 2.05) is 24.3 Å². The van der Waals surface area contributed by atoms with Crippen LogP contribution in [-0.4, -0.2) is 11.7 Å². The van der Waals surface area contributed by atoms with Gasteiger partial charge in [0.05, 0.1) is 0 Å². The highest BCUT2D eigenvalue weighted by molar-refractivity contribution is 5.85. The number of anilines is 1. The summed E-state index contributed by atoms with van der Waals surface area (Å²) in [6.45, 7) is 0.245. The molecule has 0 aliphatic carbocycles. The zero-order valence-electron chi connectivity index (χ0n) is 6.86. The fraction of sp³-hybridized carbons (Fsp3) is 0.333. The van der Waals surface area contributed by atoms with Gasteiger partial charge in [0, 0.05) is 12.3 Å². The molecule has 0 spiro atoms. The van der Waals surface area contributed by atoms with Crippen LogP contribution in [0, 0.1) is 0 Å². The van der Waals surface area contributed by atoms with Crippen LogP contribution in [0.25, 0.3) is 0 Å². The summed E-state index contributed by atoms with van der Waals surface area (Å²) in [5.74, 6) is 0. The number of aryl methyl sites for hydroxylation is 1. The number of hydrogen-bond acceptors (Lipinski definition) is 2. The molecule has 3 heteroatoms. The van der Waals surface area contributed by atoms with Gasteiger partial charge in [0.25, 0.3) is 0 Å². The molecule has 0 bridgehead atoms. The van der Waals surface area contributed by atoms with Gasteiger partial charge < -0.3 is 10.8 Å². The van der Waals surface area contributed by atoms with E-state index in [1.54, 1.807) is 0 Å². The fourth-order valence-electron chi connectivity index (χ4n) is 1.03. The summed E-state index contributed by atoms with van der Waals surface area (Å²) in [5.41, 5.74) is 7.55. The van der Waals surface area contributed by atoms with E-state index in [9.17, 15) is 0 Å². The zero-order valence-corrected chi connectivity index (χ0v) is 7.68. The molecule has 68 valence electrons. The first kappa shape index (κ1) is 11.3. The van der Waals surface area contributed by atoms with Gasteiger partial charge in [-0.15, -0.1) is 12.4 Å². The number of hydrogen-bond donors (Lipinski definition) is 2. The maximum absolute atomic E-state index is 8.57. The maximum Gasteiger partial charge on any atom is 0.0434 e. The molecule has 0 atom stereocenters. The molecule has 3 N–H and O–H groups in total. The van der Waals surface area contributed by atoms with E-state index in [-0.39, 0.29) is 19.0 Å². The first-order valence-corrected chi connectivity index (χ1v) is 3.78. The van der Waals surface area contributed by atoms with E-state index >= 15 is 0 Å². The Kier molecular flexibility index (Phi) is 5.51. The fourth-order valence-corrected chi connectivity index (χ4v) is 1.03. The third-order valence-corrected chi connectivity index (χ3v) is 1.57. The van der Waals surface area contributed by atoms with Crippen LogP contribution in [0.15, 0.2) is 24.3 Å². The Morgan fingerprint density at radius 2 is 2.08 bits per heavy atom. The van der Waals surface area contributed by atoms with Crippen molar-refractivity contribution in [2.45, 2.75) is 12.8 Å². The predicted molar refractivity (Wildman–Crippen MR) is 53.5 cm³/mol. The zero-order chi connectivity index (χ0) is 8.10. The van der Waals surface area contributed by atoms with E-state index in [0.29, 0.717) is 0 Å². The molecule has 0 saturated heterocycles. The van der Waals surface area contributed by atoms with Crippen molar-refractivity contribution in [2.24, 2.45) is 0 Å². The predicted octanol–water partition coefficient (Wildman–Crippen LogP) is 1.62. The molecule has 12 heavy (non-hydrogen) atoms. The molecule has 0 aliphatic rings. The Morgan fingerprint density at radius 3 is 2.67 bits per heavy atom. The highest BCUT2D eigenvalue weighted by Gasteiger charge is 1.91. The van der Waals surface area contributed by atoms with Crippen LogP contribution in [-0.2, 0) is 6.42 Å². The lowest BCUT2D eigenvalue weighted by atomic mass is 10.1. The number of nitrogens with two attached hydrogens (primary N) is 1. The molecule has 0 heterocycles. The van der Waals surface area contributed by atoms with Gasteiger partial charge in [-0.05, 0) is 30.5 Å². The summed E-state index contributed by atoms with van der Waals surface area (Å²) in [4.78, 5) is 0. The summed E-state index contributed by atoms with van der Waals surface area (Å²) in [5, 5.41) is 8.57. The van der Waals surface area contributed by atoms with Crippen molar-refractivity contribution in [1.29, 1.82) is 0 Å². The Labute approximate surface area is 78.8 Å². The molecular formula is C9H14ClNO. The summed E-state index contributed by atoms with van der Waals surface area (Å²) < 4.78 is 0. The Balaban J connectivity index is 0.00000121. The number of aliphatic hydroxyl groups excluding tert-OH is 1. The van der Waals surface area contributed by atoms with Crippen molar-refractivity contribution in [1.82, 2.24) is 0 Å². The number of nitrogen functional groups attached to an aromatic ring is 1. The molecule has 1 aromatic rings. The number of halogens is 1. The molecule has 1 aromatic carbocycles. The van der Waals surface area contributed by atoms with Crippen LogP contribution in [0.5, 0.6) is 0 Å². The van der Waals surface area contributed by atoms with Gasteiger partial charge in [-0.25, -0.2) is 0 Å². The van der Waals surface area contributed by atoms with Crippen molar-refractivity contribution >= 4 is 18.1 Å². The molecule has 0 aromatic heterocycles. The third-order valence-electron chi connectivity index (χ3n) is 1.57. The van der Waals surface area contributed by atoms with Gasteiger partial charge in [-0.2, -0.15) is 0 Å². The van der Waals surface area contributed by atoms with Crippen molar-refractivity contribution < 1.29 is 5.11 Å². The van der Waals surface area contributed by atoms with Crippen molar-refractivity contribution in [3.05, 3.63) is 29.8 Å². The quantitative estimate of drug-likeness (QED) is 0.707. The largest absolute Gasteiger partial charge is 0.399 e. The number of benzene rings is 1. The molecule has 0 amide bonds. The minimum Gasteiger partial charge on any atom is -0.399 e. The van der Waals surface area contributed by atoms with E-state index in [0.717, 1.165) is 18.5 Å². The van der Waals surface area contributed by atoms with Gasteiger partial charge in [0.2, 0.25) is 0 Å². The van der Waals surface area contributed by atoms with Gasteiger partial charge in [-0.3, -0.25) is 0 Å². The van der Waals surface area contributed by atoms with Crippen LogP contribution in [0.2, 0.25) is 0 Å². The van der Waals surface area contributed by atoms with Crippen molar-refractivity contribution in [3.63, 3.8) is 0 Å². The maximum atomic E-state index is 8.57. The van der Waals surface area contributed by atoms with Crippen molar-refractivity contribution in [2.75, 3.05) is 12.3 Å². The van der Waals surface area contributed by atoms with Crippen LogP contribution < -0.4 is 5.73 Å². The minimum absolute atomic E-state index is 0. The second kappa shape index (κ2) is 5.86. The van der Waals surface area contributed by atoms with Gasteiger partial charge in [-0.1, -0.05) is 12.1 Å². The first-order valence-electron chi connectivity index (χ1n) is 3.78. The van der Waals surface area contributed by atoms with E-state index in [4.69, 9.17) is 10.8 Å². The second-order valence-electron chi connectivity index (χ2n) is 2.57. The standard InChI is InChI=1S/C9H13NO.ClH/c10-9-5-1-3-8(7-9)4-2-6-11;/h1,3,5,7,11H,2,4,6,10H2;1H. The molecule has 2 nitrogen and oxygen atoms in total.